The first kappa shape index (κ1) is 22.0. The summed E-state index contributed by atoms with van der Waals surface area (Å²) in [5, 5.41) is 17.0. The Kier molecular flexibility index (Phi) is 5.94. The molecule has 0 spiro atoms. The monoisotopic (exact) mass is 468 g/mol. The van der Waals surface area contributed by atoms with E-state index in [1.807, 2.05) is 91.8 Å². The van der Waals surface area contributed by atoms with Crippen LogP contribution < -0.4 is 4.90 Å². The van der Waals surface area contributed by atoms with E-state index in [9.17, 15) is 9.90 Å². The molecule has 1 atom stereocenters. The maximum absolute atomic E-state index is 12.4. The largest absolute Gasteiger partial charge is 0.508 e. The molecule has 7 heteroatoms. The number of nitrogens with zero attached hydrogens (tertiary/aromatic N) is 4. The predicted octanol–water partition coefficient (Wildman–Crippen LogP) is 5.92. The molecule has 1 unspecified atom stereocenters. The molecule has 0 aromatic heterocycles. The number of amides is 1. The number of hydrogen-bond donors (Lipinski definition) is 1. The molecule has 0 saturated carbocycles. The van der Waals surface area contributed by atoms with Crippen molar-refractivity contribution in [2.24, 2.45) is 10.1 Å². The normalized spacial score (nSPS) is 18.9. The van der Waals surface area contributed by atoms with Gasteiger partial charge in [-0.05, 0) is 47.2 Å². The smallest absolute Gasteiger partial charge is 0.311 e. The summed E-state index contributed by atoms with van der Waals surface area (Å²) in [7, 11) is 4.00. The lowest BCUT2D eigenvalue weighted by Gasteiger charge is -2.24. The fraction of sp³-hybridized carbons (Fsp3) is 0.148. The van der Waals surface area contributed by atoms with Crippen LogP contribution in [0.1, 0.15) is 29.2 Å². The Morgan fingerprint density at radius 2 is 1.71 bits per heavy atom. The molecule has 3 aromatic carbocycles. The van der Waals surface area contributed by atoms with Crippen LogP contribution in [0.15, 0.2) is 93.9 Å². The minimum atomic E-state index is -0.277. The number of para-hydroxylation sites is 1. The predicted molar refractivity (Wildman–Crippen MR) is 139 cm³/mol. The van der Waals surface area contributed by atoms with Crippen molar-refractivity contribution in [3.05, 3.63) is 100 Å². The van der Waals surface area contributed by atoms with Crippen LogP contribution in [-0.2, 0) is 0 Å². The van der Waals surface area contributed by atoms with Crippen LogP contribution >= 0.6 is 11.8 Å². The number of benzene rings is 3. The van der Waals surface area contributed by atoms with Crippen molar-refractivity contribution >= 4 is 40.3 Å². The van der Waals surface area contributed by atoms with Crippen LogP contribution in [0.3, 0.4) is 0 Å². The van der Waals surface area contributed by atoms with E-state index in [1.54, 1.807) is 17.1 Å². The van der Waals surface area contributed by atoms with Gasteiger partial charge in [0.1, 0.15) is 5.75 Å². The number of carbonyl (C=O) groups excluding carboxylic acids is 1. The highest BCUT2D eigenvalue weighted by molar-refractivity contribution is 8.18. The van der Waals surface area contributed by atoms with Crippen molar-refractivity contribution < 1.29 is 9.90 Å². The number of rotatable bonds is 4. The summed E-state index contributed by atoms with van der Waals surface area (Å²) < 4.78 is 0. The van der Waals surface area contributed by atoms with Crippen molar-refractivity contribution in [2.75, 3.05) is 19.0 Å². The highest BCUT2D eigenvalue weighted by Gasteiger charge is 2.37. The molecule has 170 valence electrons. The van der Waals surface area contributed by atoms with Crippen molar-refractivity contribution in [1.82, 2.24) is 5.01 Å². The van der Waals surface area contributed by atoms with E-state index in [0.29, 0.717) is 12.3 Å². The third-order valence-electron chi connectivity index (χ3n) is 5.85. The average molecular weight is 469 g/mol. The Bertz CT molecular complexity index is 1310. The summed E-state index contributed by atoms with van der Waals surface area (Å²) in [6.07, 6.45) is 2.55. The number of hydrazone groups is 1. The first-order chi connectivity index (χ1) is 16.5. The highest BCUT2D eigenvalue weighted by atomic mass is 32.2. The van der Waals surface area contributed by atoms with Gasteiger partial charge in [0.25, 0.3) is 0 Å². The Hall–Kier alpha value is -3.84. The zero-order valence-corrected chi connectivity index (χ0v) is 19.7. The molecule has 3 aromatic rings. The van der Waals surface area contributed by atoms with Crippen molar-refractivity contribution in [2.45, 2.75) is 12.5 Å². The van der Waals surface area contributed by atoms with Crippen LogP contribution in [0, 0.1) is 0 Å². The lowest BCUT2D eigenvalue weighted by molar-refractivity contribution is 0.267. The maximum atomic E-state index is 12.4. The second kappa shape index (κ2) is 9.19. The summed E-state index contributed by atoms with van der Waals surface area (Å²) in [5.41, 5.74) is 4.71. The van der Waals surface area contributed by atoms with Gasteiger partial charge in [-0.25, -0.2) is 5.01 Å². The Balaban J connectivity index is 1.55. The molecule has 2 heterocycles. The molecule has 2 aliphatic rings. The number of aliphatic imine (C=N–C) groups is 1. The SMILES string of the molecule is CN(C)c1ccc(/C=C2\SC(=O)N=C2N2N=C(c3ccccc3)CC2c2ccccc2O)cc1. The molecule has 5 rings (SSSR count). The van der Waals surface area contributed by atoms with Gasteiger partial charge in [-0.3, -0.25) is 4.79 Å². The number of carbonyl (C=O) groups is 1. The third-order valence-corrected chi connectivity index (χ3v) is 6.64. The van der Waals surface area contributed by atoms with Crippen molar-refractivity contribution in [3.63, 3.8) is 0 Å². The molecule has 6 nitrogen and oxygen atoms in total. The maximum Gasteiger partial charge on any atom is 0.311 e. The summed E-state index contributed by atoms with van der Waals surface area (Å²) in [6, 6.07) is 25.1. The summed E-state index contributed by atoms with van der Waals surface area (Å²) in [5.74, 6) is 0.704. The first-order valence-corrected chi connectivity index (χ1v) is 11.8. The zero-order chi connectivity index (χ0) is 23.7. The van der Waals surface area contributed by atoms with Gasteiger partial charge in [0, 0.05) is 31.8 Å². The average Bonchev–Trinajstić information content (AvgIpc) is 3.43. The molecular weight excluding hydrogens is 444 g/mol. The van der Waals surface area contributed by atoms with Gasteiger partial charge < -0.3 is 10.0 Å². The number of aromatic hydroxyl groups is 1. The molecule has 2 aliphatic heterocycles. The molecular formula is C27H24N4O2S. The van der Waals surface area contributed by atoms with Crippen LogP contribution in [0.5, 0.6) is 5.75 Å². The molecule has 0 radical (unpaired) electrons. The third kappa shape index (κ3) is 4.34. The molecule has 0 bridgehead atoms. The van der Waals surface area contributed by atoms with E-state index >= 15 is 0 Å². The van der Waals surface area contributed by atoms with Crippen LogP contribution in [0.25, 0.3) is 6.08 Å². The fourth-order valence-corrected chi connectivity index (χ4v) is 4.85. The van der Waals surface area contributed by atoms with Gasteiger partial charge >= 0.3 is 5.24 Å². The van der Waals surface area contributed by atoms with E-state index in [4.69, 9.17) is 5.10 Å². The lowest BCUT2D eigenvalue weighted by atomic mass is 9.97. The van der Waals surface area contributed by atoms with Crippen molar-refractivity contribution in [3.8, 4) is 5.75 Å². The summed E-state index contributed by atoms with van der Waals surface area (Å²) >= 11 is 1.10. The van der Waals surface area contributed by atoms with E-state index < -0.39 is 0 Å². The number of phenolic OH excluding ortho intramolecular Hbond substituents is 1. The van der Waals surface area contributed by atoms with E-state index in [-0.39, 0.29) is 17.0 Å². The zero-order valence-electron chi connectivity index (χ0n) is 18.9. The number of phenols is 1. The Labute approximate surface area is 202 Å². The topological polar surface area (TPSA) is 68.5 Å². The second-order valence-electron chi connectivity index (χ2n) is 8.33. The minimum absolute atomic E-state index is 0.199. The van der Waals surface area contributed by atoms with Crippen molar-refractivity contribution in [1.29, 1.82) is 0 Å². The lowest BCUT2D eigenvalue weighted by Crippen LogP contribution is -2.26. The molecule has 0 saturated heterocycles. The fourth-order valence-electron chi connectivity index (χ4n) is 4.10. The highest BCUT2D eigenvalue weighted by Crippen LogP contribution is 2.41. The summed E-state index contributed by atoms with van der Waals surface area (Å²) in [6.45, 7) is 0. The number of amidine groups is 1. The molecule has 1 N–H and O–H groups in total. The quantitative estimate of drug-likeness (QED) is 0.515. The van der Waals surface area contributed by atoms with Crippen LogP contribution in [0.2, 0.25) is 0 Å². The van der Waals surface area contributed by atoms with Gasteiger partial charge in [0.05, 0.1) is 16.7 Å². The number of anilines is 1. The molecule has 0 aliphatic carbocycles. The standard InChI is InChI=1S/C27H24N4O2S/c1-30(2)20-14-12-18(13-15-20)16-25-26(28-27(33)34-25)31-23(21-10-6-7-11-24(21)32)17-22(29-31)19-8-4-3-5-9-19/h3-16,23,32H,17H2,1-2H3/b25-16-. The van der Waals surface area contributed by atoms with Gasteiger partial charge in [-0.1, -0.05) is 60.7 Å². The Morgan fingerprint density at radius 1 is 1.00 bits per heavy atom. The van der Waals surface area contributed by atoms with E-state index in [1.165, 1.54) is 0 Å². The van der Waals surface area contributed by atoms with Gasteiger partial charge in [0.15, 0.2) is 5.84 Å². The van der Waals surface area contributed by atoms with Gasteiger partial charge in [-0.2, -0.15) is 10.1 Å². The molecule has 34 heavy (non-hydrogen) atoms. The Morgan fingerprint density at radius 3 is 2.41 bits per heavy atom. The van der Waals surface area contributed by atoms with E-state index in [2.05, 4.69) is 4.99 Å². The first-order valence-electron chi connectivity index (χ1n) is 11.0. The van der Waals surface area contributed by atoms with Crippen LogP contribution in [-0.4, -0.2) is 41.0 Å². The summed E-state index contributed by atoms with van der Waals surface area (Å²) in [4.78, 5) is 19.5. The van der Waals surface area contributed by atoms with Crippen LogP contribution in [0.4, 0.5) is 10.5 Å². The van der Waals surface area contributed by atoms with E-state index in [0.717, 1.165) is 44.8 Å². The molecule has 1 amide bonds. The molecule has 0 fully saturated rings. The van der Waals surface area contributed by atoms with Gasteiger partial charge in [-0.15, -0.1) is 0 Å². The number of thioether (sulfide) groups is 1. The minimum Gasteiger partial charge on any atom is -0.508 e. The number of hydrogen-bond acceptors (Lipinski definition) is 6. The van der Waals surface area contributed by atoms with Gasteiger partial charge in [0.2, 0.25) is 0 Å². The second-order valence-corrected chi connectivity index (χ2v) is 9.33.